The molecule has 0 atom stereocenters. The van der Waals surface area contributed by atoms with Crippen LogP contribution in [0.5, 0.6) is 0 Å². The van der Waals surface area contributed by atoms with Crippen LogP contribution in [0.3, 0.4) is 0 Å². The molecule has 0 saturated carbocycles. The summed E-state index contributed by atoms with van der Waals surface area (Å²) in [6, 6.07) is 19.5. The number of carbonyl (C=O) groups excluding carboxylic acids is 1. The standard InChI is InChI=1S/C21H19N5O/c27-21(23-12-14-25-13-11-22-16-25)19-15-26(18-9-5-2-6-10-18)24-20(19)17-7-3-1-4-8-17/h1-11,13,15-16H,12,14H2,(H,23,27). The largest absolute Gasteiger partial charge is 0.350 e. The minimum atomic E-state index is -0.142. The number of aromatic nitrogens is 4. The van der Waals surface area contributed by atoms with Gasteiger partial charge >= 0.3 is 0 Å². The van der Waals surface area contributed by atoms with Gasteiger partial charge in [0.1, 0.15) is 5.69 Å². The molecule has 27 heavy (non-hydrogen) atoms. The first-order chi connectivity index (χ1) is 13.3. The van der Waals surface area contributed by atoms with E-state index in [9.17, 15) is 4.79 Å². The van der Waals surface area contributed by atoms with Gasteiger partial charge in [-0.05, 0) is 12.1 Å². The van der Waals surface area contributed by atoms with E-state index >= 15 is 0 Å². The molecular formula is C21H19N5O. The van der Waals surface area contributed by atoms with Crippen LogP contribution in [0.25, 0.3) is 16.9 Å². The van der Waals surface area contributed by atoms with Crippen LogP contribution in [-0.2, 0) is 6.54 Å². The first-order valence-electron chi connectivity index (χ1n) is 8.76. The van der Waals surface area contributed by atoms with Crippen LogP contribution in [0.1, 0.15) is 10.4 Å². The molecule has 0 aliphatic carbocycles. The average Bonchev–Trinajstić information content (AvgIpc) is 3.39. The summed E-state index contributed by atoms with van der Waals surface area (Å²) in [6.45, 7) is 1.18. The van der Waals surface area contributed by atoms with Gasteiger partial charge < -0.3 is 9.88 Å². The van der Waals surface area contributed by atoms with Crippen LogP contribution in [0.15, 0.2) is 85.6 Å². The molecule has 1 amide bonds. The van der Waals surface area contributed by atoms with Crippen LogP contribution in [0.2, 0.25) is 0 Å². The van der Waals surface area contributed by atoms with Crippen LogP contribution in [0.4, 0.5) is 0 Å². The first kappa shape index (κ1) is 16.8. The molecule has 2 aromatic carbocycles. The van der Waals surface area contributed by atoms with Crippen molar-refractivity contribution in [1.29, 1.82) is 0 Å². The minimum absolute atomic E-state index is 0.142. The Hall–Kier alpha value is -3.67. The van der Waals surface area contributed by atoms with E-state index in [0.29, 0.717) is 24.3 Å². The predicted octanol–water partition coefficient (Wildman–Crippen LogP) is 3.17. The molecular weight excluding hydrogens is 338 g/mol. The quantitative estimate of drug-likeness (QED) is 0.576. The van der Waals surface area contributed by atoms with Crippen LogP contribution in [-0.4, -0.2) is 31.8 Å². The molecule has 1 N–H and O–H groups in total. The zero-order valence-electron chi connectivity index (χ0n) is 14.7. The number of rotatable bonds is 6. The van der Waals surface area contributed by atoms with E-state index in [1.807, 2.05) is 71.4 Å². The fourth-order valence-corrected chi connectivity index (χ4v) is 2.88. The number of hydrogen-bond donors (Lipinski definition) is 1. The van der Waals surface area contributed by atoms with E-state index < -0.39 is 0 Å². The lowest BCUT2D eigenvalue weighted by molar-refractivity contribution is 0.0953. The zero-order valence-corrected chi connectivity index (χ0v) is 14.7. The molecule has 0 fully saturated rings. The fourth-order valence-electron chi connectivity index (χ4n) is 2.88. The third-order valence-electron chi connectivity index (χ3n) is 4.24. The summed E-state index contributed by atoms with van der Waals surface area (Å²) in [5.41, 5.74) is 3.04. The van der Waals surface area contributed by atoms with Gasteiger partial charge in [0, 0.05) is 37.2 Å². The van der Waals surface area contributed by atoms with Crippen molar-refractivity contribution in [2.45, 2.75) is 6.54 Å². The molecule has 6 nitrogen and oxygen atoms in total. The highest BCUT2D eigenvalue weighted by atomic mass is 16.1. The number of nitrogens with one attached hydrogen (secondary N) is 1. The Balaban J connectivity index is 1.61. The van der Waals surface area contributed by atoms with Crippen molar-refractivity contribution in [3.63, 3.8) is 0 Å². The van der Waals surface area contributed by atoms with Gasteiger partial charge in [-0.2, -0.15) is 5.10 Å². The molecule has 4 aromatic rings. The third-order valence-corrected chi connectivity index (χ3v) is 4.24. The van der Waals surface area contributed by atoms with Gasteiger partial charge in [0.05, 0.1) is 17.6 Å². The molecule has 134 valence electrons. The summed E-state index contributed by atoms with van der Waals surface area (Å²) < 4.78 is 3.67. The highest BCUT2D eigenvalue weighted by Gasteiger charge is 2.18. The fraction of sp³-hybridized carbons (Fsp3) is 0.0952. The average molecular weight is 357 g/mol. The zero-order chi connectivity index (χ0) is 18.5. The van der Waals surface area contributed by atoms with Crippen molar-refractivity contribution in [2.75, 3.05) is 6.54 Å². The van der Waals surface area contributed by atoms with Crippen molar-refractivity contribution < 1.29 is 4.79 Å². The Bertz CT molecular complexity index is 1010. The molecule has 0 aliphatic rings. The number of nitrogens with zero attached hydrogens (tertiary/aromatic N) is 4. The van der Waals surface area contributed by atoms with Crippen molar-refractivity contribution >= 4 is 5.91 Å². The number of para-hydroxylation sites is 1. The normalized spacial score (nSPS) is 10.7. The summed E-state index contributed by atoms with van der Waals surface area (Å²) in [6.07, 6.45) is 7.10. The molecule has 0 bridgehead atoms. The molecule has 0 saturated heterocycles. The summed E-state index contributed by atoms with van der Waals surface area (Å²) >= 11 is 0. The summed E-state index contributed by atoms with van der Waals surface area (Å²) in [7, 11) is 0. The second kappa shape index (κ2) is 7.70. The molecule has 6 heteroatoms. The van der Waals surface area contributed by atoms with E-state index in [1.54, 1.807) is 23.4 Å². The van der Waals surface area contributed by atoms with E-state index in [0.717, 1.165) is 11.3 Å². The Kier molecular flexibility index (Phi) is 4.78. The van der Waals surface area contributed by atoms with E-state index in [2.05, 4.69) is 15.4 Å². The molecule has 0 radical (unpaired) electrons. The molecule has 0 spiro atoms. The smallest absolute Gasteiger partial charge is 0.255 e. The van der Waals surface area contributed by atoms with E-state index in [4.69, 9.17) is 0 Å². The Morgan fingerprint density at radius 3 is 2.44 bits per heavy atom. The van der Waals surface area contributed by atoms with Crippen LogP contribution >= 0.6 is 0 Å². The molecule has 0 aliphatic heterocycles. The van der Waals surface area contributed by atoms with Gasteiger partial charge in [-0.25, -0.2) is 9.67 Å². The molecule has 2 aromatic heterocycles. The van der Waals surface area contributed by atoms with Crippen molar-refractivity contribution in [1.82, 2.24) is 24.6 Å². The van der Waals surface area contributed by atoms with E-state index in [1.165, 1.54) is 0 Å². The maximum absolute atomic E-state index is 12.8. The van der Waals surface area contributed by atoms with Gasteiger partial charge in [0.15, 0.2) is 0 Å². The van der Waals surface area contributed by atoms with Gasteiger partial charge in [0.2, 0.25) is 0 Å². The summed E-state index contributed by atoms with van der Waals surface area (Å²) in [5.74, 6) is -0.142. The molecule has 4 rings (SSSR count). The number of carbonyl (C=O) groups is 1. The lowest BCUT2D eigenvalue weighted by Crippen LogP contribution is -2.27. The van der Waals surface area contributed by atoms with Crippen molar-refractivity contribution in [2.24, 2.45) is 0 Å². The minimum Gasteiger partial charge on any atom is -0.350 e. The van der Waals surface area contributed by atoms with Crippen LogP contribution < -0.4 is 5.32 Å². The summed E-state index contributed by atoms with van der Waals surface area (Å²) in [4.78, 5) is 16.8. The topological polar surface area (TPSA) is 64.7 Å². The van der Waals surface area contributed by atoms with Gasteiger partial charge in [-0.1, -0.05) is 48.5 Å². The lowest BCUT2D eigenvalue weighted by Gasteiger charge is -2.06. The SMILES string of the molecule is O=C(NCCn1ccnc1)c1cn(-c2ccccc2)nc1-c1ccccc1. The Morgan fingerprint density at radius 2 is 1.74 bits per heavy atom. The molecule has 0 unspecified atom stereocenters. The van der Waals surface area contributed by atoms with Gasteiger partial charge in [-0.3, -0.25) is 4.79 Å². The second-order valence-electron chi connectivity index (χ2n) is 6.09. The number of imidazole rings is 1. The number of benzene rings is 2. The highest BCUT2D eigenvalue weighted by Crippen LogP contribution is 2.23. The Labute approximate surface area is 157 Å². The predicted molar refractivity (Wildman–Crippen MR) is 104 cm³/mol. The van der Waals surface area contributed by atoms with Crippen molar-refractivity contribution in [3.05, 3.63) is 91.1 Å². The highest BCUT2D eigenvalue weighted by molar-refractivity contribution is 5.99. The van der Waals surface area contributed by atoms with Crippen molar-refractivity contribution in [3.8, 4) is 16.9 Å². The second-order valence-corrected chi connectivity index (χ2v) is 6.09. The summed E-state index contributed by atoms with van der Waals surface area (Å²) in [5, 5.41) is 7.64. The first-order valence-corrected chi connectivity index (χ1v) is 8.76. The van der Waals surface area contributed by atoms with Gasteiger partial charge in [0.25, 0.3) is 5.91 Å². The maximum atomic E-state index is 12.8. The monoisotopic (exact) mass is 357 g/mol. The van der Waals surface area contributed by atoms with Crippen LogP contribution in [0, 0.1) is 0 Å². The van der Waals surface area contributed by atoms with Gasteiger partial charge in [-0.15, -0.1) is 0 Å². The number of hydrogen-bond acceptors (Lipinski definition) is 3. The molecule has 2 heterocycles. The lowest BCUT2D eigenvalue weighted by atomic mass is 10.1. The third kappa shape index (κ3) is 3.79. The Morgan fingerprint density at radius 1 is 1.00 bits per heavy atom. The number of amides is 1. The van der Waals surface area contributed by atoms with E-state index in [-0.39, 0.29) is 5.91 Å². The maximum Gasteiger partial charge on any atom is 0.255 e.